The van der Waals surface area contributed by atoms with Gasteiger partial charge in [-0.3, -0.25) is 0 Å². The van der Waals surface area contributed by atoms with Crippen LogP contribution in [0.15, 0.2) is 0 Å². The van der Waals surface area contributed by atoms with Gasteiger partial charge >= 0.3 is 0 Å². The second kappa shape index (κ2) is 2.41. The highest BCUT2D eigenvalue weighted by Gasteiger charge is 2.49. The van der Waals surface area contributed by atoms with Gasteiger partial charge in [0.05, 0.1) is 0 Å². The standard InChI is InChI=1S/C6H9Cl3O/c1-4-3-5(2,7)10-6(4,8)9/h4H,3H2,1-2H3. The lowest BCUT2D eigenvalue weighted by Crippen LogP contribution is -2.21. The molecule has 1 nitrogen and oxygen atoms in total. The highest BCUT2D eigenvalue weighted by Crippen LogP contribution is 2.49. The van der Waals surface area contributed by atoms with Crippen LogP contribution in [0.25, 0.3) is 0 Å². The Balaban J connectivity index is 2.71. The van der Waals surface area contributed by atoms with Gasteiger partial charge in [0.1, 0.15) is 5.06 Å². The van der Waals surface area contributed by atoms with Crippen molar-refractivity contribution in [2.24, 2.45) is 5.92 Å². The molecule has 0 aliphatic carbocycles. The Hall–Kier alpha value is 0.830. The predicted octanol–water partition coefficient (Wildman–Crippen LogP) is 3.13. The van der Waals surface area contributed by atoms with Crippen molar-refractivity contribution in [2.75, 3.05) is 0 Å². The molecule has 4 heteroatoms. The molecule has 1 rings (SSSR count). The van der Waals surface area contributed by atoms with Crippen molar-refractivity contribution in [3.05, 3.63) is 0 Å². The maximum absolute atomic E-state index is 5.86. The van der Waals surface area contributed by atoms with E-state index in [1.165, 1.54) is 0 Å². The first-order valence-corrected chi connectivity index (χ1v) is 4.24. The van der Waals surface area contributed by atoms with Crippen LogP contribution in [-0.2, 0) is 4.74 Å². The van der Waals surface area contributed by atoms with Gasteiger partial charge in [-0.25, -0.2) is 0 Å². The van der Waals surface area contributed by atoms with E-state index in [2.05, 4.69) is 0 Å². The first-order chi connectivity index (χ1) is 4.33. The number of alkyl halides is 3. The average molecular weight is 203 g/mol. The number of rotatable bonds is 0. The molecule has 1 aliphatic rings. The zero-order chi connectivity index (χ0) is 7.99. The lowest BCUT2D eigenvalue weighted by atomic mass is 10.1. The van der Waals surface area contributed by atoms with E-state index in [0.29, 0.717) is 6.42 Å². The van der Waals surface area contributed by atoms with E-state index in [4.69, 9.17) is 39.5 Å². The molecule has 60 valence electrons. The lowest BCUT2D eigenvalue weighted by molar-refractivity contribution is 0.0408. The summed E-state index contributed by atoms with van der Waals surface area (Å²) in [4.78, 5) is 0. The van der Waals surface area contributed by atoms with Crippen molar-refractivity contribution in [3.63, 3.8) is 0 Å². The Bertz CT molecular complexity index is 144. The van der Waals surface area contributed by atoms with Gasteiger partial charge in [0.25, 0.3) is 0 Å². The second-order valence-electron chi connectivity index (χ2n) is 2.87. The Morgan fingerprint density at radius 3 is 2.00 bits per heavy atom. The quantitative estimate of drug-likeness (QED) is 0.550. The number of hydrogen-bond acceptors (Lipinski definition) is 1. The van der Waals surface area contributed by atoms with Gasteiger partial charge < -0.3 is 4.74 Å². The topological polar surface area (TPSA) is 9.23 Å². The summed E-state index contributed by atoms with van der Waals surface area (Å²) in [6.45, 7) is 3.67. The lowest BCUT2D eigenvalue weighted by Gasteiger charge is -2.18. The van der Waals surface area contributed by atoms with Crippen LogP contribution in [-0.4, -0.2) is 9.58 Å². The van der Waals surface area contributed by atoms with Gasteiger partial charge in [-0.2, -0.15) is 0 Å². The Kier molecular flexibility index (Phi) is 2.15. The fourth-order valence-electron chi connectivity index (χ4n) is 1.09. The molecule has 2 unspecified atom stereocenters. The van der Waals surface area contributed by atoms with E-state index in [9.17, 15) is 0 Å². The van der Waals surface area contributed by atoms with E-state index < -0.39 is 9.58 Å². The molecule has 0 radical (unpaired) electrons. The summed E-state index contributed by atoms with van der Waals surface area (Å²) in [5.74, 6) is 0.0818. The summed E-state index contributed by atoms with van der Waals surface area (Å²) >= 11 is 17.4. The van der Waals surface area contributed by atoms with Crippen LogP contribution in [0.3, 0.4) is 0 Å². The fraction of sp³-hybridized carbons (Fsp3) is 1.00. The van der Waals surface area contributed by atoms with Crippen LogP contribution >= 0.6 is 34.8 Å². The van der Waals surface area contributed by atoms with Crippen LogP contribution in [0.4, 0.5) is 0 Å². The molecule has 0 spiro atoms. The molecule has 1 heterocycles. The molecular formula is C6H9Cl3O. The molecule has 0 N–H and O–H groups in total. The fourth-order valence-corrected chi connectivity index (χ4v) is 2.02. The van der Waals surface area contributed by atoms with Crippen LogP contribution in [0.1, 0.15) is 20.3 Å². The molecule has 0 bridgehead atoms. The Morgan fingerprint density at radius 1 is 1.40 bits per heavy atom. The summed E-state index contributed by atoms with van der Waals surface area (Å²) < 4.78 is 4.04. The third kappa shape index (κ3) is 1.70. The molecule has 10 heavy (non-hydrogen) atoms. The molecule has 0 aromatic heterocycles. The minimum Gasteiger partial charge on any atom is -0.324 e. The molecule has 0 amide bonds. The van der Waals surface area contributed by atoms with Crippen molar-refractivity contribution in [1.29, 1.82) is 0 Å². The van der Waals surface area contributed by atoms with E-state index in [0.717, 1.165) is 0 Å². The monoisotopic (exact) mass is 202 g/mol. The molecule has 1 aliphatic heterocycles. The van der Waals surface area contributed by atoms with E-state index >= 15 is 0 Å². The first kappa shape index (κ1) is 8.92. The van der Waals surface area contributed by atoms with Crippen LogP contribution in [0.2, 0.25) is 0 Å². The normalized spacial score (nSPS) is 45.9. The first-order valence-electron chi connectivity index (χ1n) is 3.10. The number of hydrogen-bond donors (Lipinski definition) is 0. The minimum atomic E-state index is -1.10. The second-order valence-corrected chi connectivity index (χ2v) is 4.99. The molecule has 1 fully saturated rings. The Labute approximate surface area is 75.6 Å². The molecular weight excluding hydrogens is 194 g/mol. The van der Waals surface area contributed by atoms with Crippen molar-refractivity contribution in [3.8, 4) is 0 Å². The summed E-state index contributed by atoms with van der Waals surface area (Å²) in [5, 5.41) is -0.692. The molecule has 0 aromatic rings. The van der Waals surface area contributed by atoms with Crippen molar-refractivity contribution in [1.82, 2.24) is 0 Å². The van der Waals surface area contributed by atoms with Gasteiger partial charge in [-0.1, -0.05) is 41.7 Å². The maximum atomic E-state index is 5.86. The largest absolute Gasteiger partial charge is 0.324 e. The molecule has 1 saturated heterocycles. The highest BCUT2D eigenvalue weighted by atomic mass is 35.5. The van der Waals surface area contributed by atoms with Crippen molar-refractivity contribution < 1.29 is 4.74 Å². The predicted molar refractivity (Wildman–Crippen MR) is 43.6 cm³/mol. The zero-order valence-electron chi connectivity index (χ0n) is 5.83. The van der Waals surface area contributed by atoms with Crippen molar-refractivity contribution >= 4 is 34.8 Å². The number of ether oxygens (including phenoxy) is 1. The Morgan fingerprint density at radius 2 is 1.90 bits per heavy atom. The van der Waals surface area contributed by atoms with Crippen LogP contribution in [0.5, 0.6) is 0 Å². The van der Waals surface area contributed by atoms with Crippen LogP contribution in [0, 0.1) is 5.92 Å². The highest BCUT2D eigenvalue weighted by molar-refractivity contribution is 6.48. The maximum Gasteiger partial charge on any atom is 0.221 e. The van der Waals surface area contributed by atoms with Gasteiger partial charge in [0.15, 0.2) is 0 Å². The van der Waals surface area contributed by atoms with Gasteiger partial charge in [0.2, 0.25) is 4.52 Å². The van der Waals surface area contributed by atoms with Crippen LogP contribution < -0.4 is 0 Å². The zero-order valence-corrected chi connectivity index (χ0v) is 8.09. The average Bonchev–Trinajstić information content (AvgIpc) is 1.73. The summed E-state index contributed by atoms with van der Waals surface area (Å²) in [6, 6.07) is 0. The van der Waals surface area contributed by atoms with Gasteiger partial charge in [-0.05, 0) is 13.3 Å². The molecule has 0 aromatic carbocycles. The smallest absolute Gasteiger partial charge is 0.221 e. The number of halogens is 3. The summed E-state index contributed by atoms with van der Waals surface area (Å²) in [5.41, 5.74) is 0. The summed E-state index contributed by atoms with van der Waals surface area (Å²) in [6.07, 6.45) is 0.682. The van der Waals surface area contributed by atoms with E-state index in [1.807, 2.05) is 6.92 Å². The van der Waals surface area contributed by atoms with Gasteiger partial charge in [-0.15, -0.1) is 0 Å². The van der Waals surface area contributed by atoms with Gasteiger partial charge in [0, 0.05) is 5.92 Å². The third-order valence-corrected chi connectivity index (χ3v) is 2.72. The summed E-state index contributed by atoms with van der Waals surface area (Å²) in [7, 11) is 0. The van der Waals surface area contributed by atoms with E-state index in [1.54, 1.807) is 6.92 Å². The molecule has 2 atom stereocenters. The minimum absolute atomic E-state index is 0.0818. The molecule has 0 saturated carbocycles. The SMILES string of the molecule is CC1CC(C)(Cl)OC1(Cl)Cl. The van der Waals surface area contributed by atoms with Crippen molar-refractivity contribution in [2.45, 2.75) is 29.8 Å². The third-order valence-electron chi connectivity index (χ3n) is 1.59. The van der Waals surface area contributed by atoms with E-state index in [-0.39, 0.29) is 5.92 Å².